The van der Waals surface area contributed by atoms with E-state index < -0.39 is 42.6 Å². The van der Waals surface area contributed by atoms with Crippen LogP contribution in [0.5, 0.6) is 0 Å². The van der Waals surface area contributed by atoms with E-state index in [4.69, 9.17) is 9.84 Å². The molecule has 0 saturated heterocycles. The first-order valence-electron chi connectivity index (χ1n) is 11.0. The first-order chi connectivity index (χ1) is 15.7. The molecule has 1 aliphatic carbocycles. The number of alkyl carbamates (subject to hydrolysis) is 1. The summed E-state index contributed by atoms with van der Waals surface area (Å²) in [5.74, 6) is -2.87. The highest BCUT2D eigenvalue weighted by molar-refractivity contribution is 5.86. The molecule has 1 aliphatic rings. The minimum Gasteiger partial charge on any atom is -0.480 e. The number of carbonyl (C=O) groups is 3. The number of carbonyl (C=O) groups excluding carboxylic acids is 2. The molecule has 0 spiro atoms. The van der Waals surface area contributed by atoms with Crippen LogP contribution in [0, 0.1) is 11.8 Å². The summed E-state index contributed by atoms with van der Waals surface area (Å²) in [6.07, 6.45) is -0.653. The topological polar surface area (TPSA) is 125 Å². The molecule has 2 amide bonds. The lowest BCUT2D eigenvalue weighted by atomic mass is 9.88. The fourth-order valence-electron chi connectivity index (χ4n) is 4.48. The lowest BCUT2D eigenvalue weighted by Crippen LogP contribution is -2.52. The molecule has 8 heteroatoms. The van der Waals surface area contributed by atoms with Crippen molar-refractivity contribution in [1.82, 2.24) is 10.6 Å². The molecular weight excluding hydrogens is 424 g/mol. The van der Waals surface area contributed by atoms with E-state index in [0.717, 1.165) is 22.3 Å². The summed E-state index contributed by atoms with van der Waals surface area (Å²) in [4.78, 5) is 36.3. The van der Waals surface area contributed by atoms with E-state index in [1.807, 2.05) is 36.4 Å². The number of aliphatic carboxylic acids is 1. The average molecular weight is 455 g/mol. The number of aliphatic hydroxyl groups is 1. The van der Waals surface area contributed by atoms with E-state index in [-0.39, 0.29) is 18.4 Å². The molecule has 8 nitrogen and oxygen atoms in total. The predicted octanol–water partition coefficient (Wildman–Crippen LogP) is 2.75. The summed E-state index contributed by atoms with van der Waals surface area (Å²) >= 11 is 0. The second kappa shape index (κ2) is 10.5. The van der Waals surface area contributed by atoms with Crippen LogP contribution in [0.1, 0.15) is 37.8 Å². The Hall–Kier alpha value is -3.39. The first-order valence-corrected chi connectivity index (χ1v) is 11.0. The highest BCUT2D eigenvalue weighted by Crippen LogP contribution is 2.44. The van der Waals surface area contributed by atoms with E-state index in [2.05, 4.69) is 22.8 Å². The molecule has 0 bridgehead atoms. The summed E-state index contributed by atoms with van der Waals surface area (Å²) in [7, 11) is 0. The summed E-state index contributed by atoms with van der Waals surface area (Å²) in [5.41, 5.74) is 4.46. The number of carboxylic acids is 1. The van der Waals surface area contributed by atoms with Crippen LogP contribution >= 0.6 is 0 Å². The number of ether oxygens (including phenoxy) is 1. The van der Waals surface area contributed by atoms with Crippen LogP contribution in [0.3, 0.4) is 0 Å². The molecular formula is C25H30N2O6. The number of carboxylic acid groups (broad SMARTS) is 1. The normalized spacial score (nSPS) is 15.2. The molecule has 3 rings (SSSR count). The molecule has 0 aliphatic heterocycles. The summed E-state index contributed by atoms with van der Waals surface area (Å²) in [5, 5.41) is 23.3. The molecule has 33 heavy (non-hydrogen) atoms. The van der Waals surface area contributed by atoms with Crippen molar-refractivity contribution in [1.29, 1.82) is 0 Å². The van der Waals surface area contributed by atoms with E-state index in [1.54, 1.807) is 20.8 Å². The third kappa shape index (κ3) is 5.34. The number of benzene rings is 2. The van der Waals surface area contributed by atoms with Crippen LogP contribution in [0.4, 0.5) is 4.79 Å². The third-order valence-corrected chi connectivity index (χ3v) is 6.05. The fraction of sp³-hybridized carbons (Fsp3) is 0.400. The summed E-state index contributed by atoms with van der Waals surface area (Å²) in [6.45, 7) is 4.70. The van der Waals surface area contributed by atoms with Gasteiger partial charge in [-0.1, -0.05) is 62.4 Å². The van der Waals surface area contributed by atoms with Crippen molar-refractivity contribution in [2.45, 2.75) is 38.8 Å². The Kier molecular flexibility index (Phi) is 7.71. The molecule has 0 aromatic heterocycles. The van der Waals surface area contributed by atoms with E-state index in [1.165, 1.54) is 0 Å². The maximum absolute atomic E-state index is 12.6. The molecule has 0 saturated carbocycles. The number of hydrogen-bond acceptors (Lipinski definition) is 5. The molecule has 0 radical (unpaired) electrons. The van der Waals surface area contributed by atoms with Crippen LogP contribution in [-0.2, 0) is 14.3 Å². The van der Waals surface area contributed by atoms with Gasteiger partial charge in [-0.25, -0.2) is 9.59 Å². The van der Waals surface area contributed by atoms with Gasteiger partial charge < -0.3 is 25.6 Å². The van der Waals surface area contributed by atoms with Crippen molar-refractivity contribution in [3.8, 4) is 11.1 Å². The molecule has 2 aromatic carbocycles. The lowest BCUT2D eigenvalue weighted by Gasteiger charge is -2.28. The van der Waals surface area contributed by atoms with Gasteiger partial charge in [0.1, 0.15) is 12.6 Å². The van der Waals surface area contributed by atoms with Gasteiger partial charge >= 0.3 is 12.1 Å². The maximum atomic E-state index is 12.6. The van der Waals surface area contributed by atoms with Gasteiger partial charge in [-0.2, -0.15) is 0 Å². The summed E-state index contributed by atoms with van der Waals surface area (Å²) < 4.78 is 5.54. The van der Waals surface area contributed by atoms with Gasteiger partial charge in [0.05, 0.1) is 12.5 Å². The summed E-state index contributed by atoms with van der Waals surface area (Å²) in [6, 6.07) is 14.0. The monoisotopic (exact) mass is 454 g/mol. The lowest BCUT2D eigenvalue weighted by molar-refractivity contribution is -0.144. The highest BCUT2D eigenvalue weighted by Gasteiger charge is 2.33. The van der Waals surface area contributed by atoms with Gasteiger partial charge in [-0.05, 0) is 35.1 Å². The zero-order chi connectivity index (χ0) is 24.1. The molecule has 2 unspecified atom stereocenters. The minimum absolute atomic E-state index is 0.0801. The van der Waals surface area contributed by atoms with Gasteiger partial charge in [0.2, 0.25) is 5.91 Å². The average Bonchev–Trinajstić information content (AvgIpc) is 3.09. The highest BCUT2D eigenvalue weighted by atomic mass is 16.5. The molecule has 2 aromatic rings. The Morgan fingerprint density at radius 1 is 0.939 bits per heavy atom. The molecule has 4 N–H and O–H groups in total. The second-order valence-corrected chi connectivity index (χ2v) is 8.61. The third-order valence-electron chi connectivity index (χ3n) is 6.05. The molecule has 3 atom stereocenters. The number of amides is 2. The van der Waals surface area contributed by atoms with Crippen molar-refractivity contribution in [3.63, 3.8) is 0 Å². The molecule has 176 valence electrons. The molecule has 0 fully saturated rings. The van der Waals surface area contributed by atoms with Crippen LogP contribution in [0.2, 0.25) is 0 Å². The quantitative estimate of drug-likeness (QED) is 0.462. The van der Waals surface area contributed by atoms with Crippen molar-refractivity contribution in [3.05, 3.63) is 59.7 Å². The van der Waals surface area contributed by atoms with Gasteiger partial charge in [0, 0.05) is 12.0 Å². The predicted molar refractivity (Wildman–Crippen MR) is 123 cm³/mol. The number of fused-ring (bicyclic) bond motifs is 3. The van der Waals surface area contributed by atoms with Crippen molar-refractivity contribution in [2.24, 2.45) is 11.8 Å². The largest absolute Gasteiger partial charge is 0.480 e. The smallest absolute Gasteiger partial charge is 0.407 e. The molecule has 0 heterocycles. The Morgan fingerprint density at radius 2 is 1.48 bits per heavy atom. The van der Waals surface area contributed by atoms with E-state index >= 15 is 0 Å². The number of aliphatic hydroxyl groups excluding tert-OH is 1. The Morgan fingerprint density at radius 3 is 1.97 bits per heavy atom. The number of rotatable bonds is 9. The Labute approximate surface area is 193 Å². The van der Waals surface area contributed by atoms with Crippen LogP contribution in [0.15, 0.2) is 48.5 Å². The van der Waals surface area contributed by atoms with E-state index in [0.29, 0.717) is 0 Å². The van der Waals surface area contributed by atoms with Crippen molar-refractivity contribution >= 4 is 18.0 Å². The van der Waals surface area contributed by atoms with Crippen LogP contribution in [-0.4, -0.2) is 53.5 Å². The van der Waals surface area contributed by atoms with Crippen LogP contribution in [0.25, 0.3) is 11.1 Å². The number of nitrogens with one attached hydrogen (secondary N) is 2. The van der Waals surface area contributed by atoms with Gasteiger partial charge in [-0.15, -0.1) is 0 Å². The zero-order valence-electron chi connectivity index (χ0n) is 18.9. The Bertz CT molecular complexity index is 976. The second-order valence-electron chi connectivity index (χ2n) is 8.61. The maximum Gasteiger partial charge on any atom is 0.407 e. The van der Waals surface area contributed by atoms with E-state index in [9.17, 15) is 19.5 Å². The van der Waals surface area contributed by atoms with Gasteiger partial charge in [-0.3, -0.25) is 4.79 Å². The van der Waals surface area contributed by atoms with Gasteiger partial charge in [0.25, 0.3) is 0 Å². The standard InChI is InChI=1S/C25H30N2O6/c1-14(2)22(23(29)27-21(12-28)24(30)31)15(3)26-25(32)33-13-20-18-10-6-4-8-16(18)17-9-5-7-11-19(17)20/h4-11,14-15,20-22,28H,12-13H2,1-3H3,(H,26,32)(H,27,29)(H,30,31)/t15?,21-,22?/m0/s1. The van der Waals surface area contributed by atoms with Crippen molar-refractivity contribution < 1.29 is 29.3 Å². The number of hydrogen-bond donors (Lipinski definition) is 4. The Balaban J connectivity index is 1.64. The first kappa shape index (κ1) is 24.3. The fourth-order valence-corrected chi connectivity index (χ4v) is 4.48. The zero-order valence-corrected chi connectivity index (χ0v) is 18.9. The minimum atomic E-state index is -1.40. The van der Waals surface area contributed by atoms with Crippen molar-refractivity contribution in [2.75, 3.05) is 13.2 Å². The SMILES string of the molecule is CC(C)C(C(=O)N[C@@H](CO)C(=O)O)C(C)NC(=O)OCC1c2ccccc2-c2ccccc21. The van der Waals surface area contributed by atoms with Crippen LogP contribution < -0.4 is 10.6 Å². The van der Waals surface area contributed by atoms with Gasteiger partial charge in [0.15, 0.2) is 0 Å².